The maximum atomic E-state index is 6.70. The Hall–Kier alpha value is -9.26. The minimum atomic E-state index is -0.217. The SMILES string of the molecule is C=C/C=C\c1oc2c(c1C)C(c1ccc(N3c4cc(N(c5ccc(C(C)(C)C)cc5)c5ccccc5-c5ccccc5)ccc4B4c5ccc(C(C)(C)C)cc5N(c5ccc6c(c5)oc5ccccc56)c5cc(C(C)(C)C)cc3c54)cc1)=CCC2. The molecule has 0 amide bonds. The molecular formula is C79H72BN3O2. The number of benzene rings is 9. The fraction of sp³-hybridized carbons (Fsp3) is 0.190. The first-order chi connectivity index (χ1) is 40.9. The standard InChI is InChI=1S/C79H72BN3O2/c1-12-13-28-71-50(2)75-61(26-21-30-73(75)84-71)52-31-36-57(37-32-52)82-68-48-58(81(56-38-33-53(34-39-56)77(3,4)5)66-27-19-17-24-60(66)51-22-15-14-16-23-51)41-44-65(68)80-64-43-35-54(78(6,7)8)45-67(64)83(70-47-55(79(9,10)11)46-69(82)76(70)80)59-40-42-63-62-25-18-20-29-72(62)85-74(63)49-59/h12-20,22-29,31-49H,1,21,30H2,2-11H3/b28-13-. The first-order valence-corrected chi connectivity index (χ1v) is 30.2. The van der Waals surface area contributed by atoms with Crippen molar-refractivity contribution in [2.75, 3.05) is 14.7 Å². The molecule has 0 bridgehead atoms. The van der Waals surface area contributed by atoms with Crippen molar-refractivity contribution >= 4 is 108 Å². The highest BCUT2D eigenvalue weighted by atomic mass is 16.3. The number of nitrogens with zero attached hydrogens (tertiary/aromatic N) is 3. The number of furan rings is 2. The van der Waals surface area contributed by atoms with E-state index in [4.69, 9.17) is 8.83 Å². The zero-order valence-electron chi connectivity index (χ0n) is 50.6. The maximum absolute atomic E-state index is 6.70. The molecular weight excluding hydrogens is 1030 g/mol. The molecule has 5 nitrogen and oxygen atoms in total. The summed E-state index contributed by atoms with van der Waals surface area (Å²) in [5, 5.41) is 2.24. The average Bonchev–Trinajstić information content (AvgIpc) is 1.43. The van der Waals surface area contributed by atoms with Gasteiger partial charge in [0.2, 0.25) is 0 Å². The van der Waals surface area contributed by atoms with E-state index in [1.807, 2.05) is 12.2 Å². The molecule has 0 spiro atoms. The third-order valence-corrected chi connectivity index (χ3v) is 18.0. The summed E-state index contributed by atoms with van der Waals surface area (Å²) in [5.74, 6) is 1.93. The summed E-state index contributed by atoms with van der Waals surface area (Å²) in [5.41, 5.74) is 26.2. The lowest BCUT2D eigenvalue weighted by Gasteiger charge is -2.45. The van der Waals surface area contributed by atoms with Gasteiger partial charge in [-0.15, -0.1) is 0 Å². The van der Waals surface area contributed by atoms with Crippen molar-refractivity contribution in [3.05, 3.63) is 264 Å². The van der Waals surface area contributed by atoms with E-state index in [0.29, 0.717) is 0 Å². The van der Waals surface area contributed by atoms with E-state index < -0.39 is 0 Å². The average molecular weight is 1110 g/mol. The Morgan fingerprint density at radius 1 is 0.518 bits per heavy atom. The lowest BCUT2D eigenvalue weighted by molar-refractivity contribution is 0.498. The number of anilines is 9. The molecule has 0 saturated heterocycles. The van der Waals surface area contributed by atoms with Gasteiger partial charge < -0.3 is 23.5 Å². The smallest absolute Gasteiger partial charge is 0.252 e. The van der Waals surface area contributed by atoms with Crippen LogP contribution in [-0.4, -0.2) is 6.71 Å². The summed E-state index contributed by atoms with van der Waals surface area (Å²) in [7, 11) is 0. The van der Waals surface area contributed by atoms with Crippen molar-refractivity contribution in [1.29, 1.82) is 0 Å². The molecule has 0 saturated carbocycles. The van der Waals surface area contributed by atoms with Gasteiger partial charge in [0, 0.05) is 85.4 Å². The molecule has 2 aliphatic heterocycles. The Bertz CT molecular complexity index is 4520. The molecule has 418 valence electrons. The van der Waals surface area contributed by atoms with Crippen LogP contribution in [0.5, 0.6) is 0 Å². The lowest BCUT2D eigenvalue weighted by atomic mass is 9.33. The number of allylic oxidation sites excluding steroid dienone is 3. The maximum Gasteiger partial charge on any atom is 0.252 e. The van der Waals surface area contributed by atoms with E-state index in [-0.39, 0.29) is 23.0 Å². The highest BCUT2D eigenvalue weighted by Crippen LogP contribution is 2.50. The predicted octanol–water partition coefficient (Wildman–Crippen LogP) is 20.2. The van der Waals surface area contributed by atoms with Crippen LogP contribution in [-0.2, 0) is 22.7 Å². The second kappa shape index (κ2) is 20.2. The number of hydrogen-bond donors (Lipinski definition) is 0. The Balaban J connectivity index is 1.04. The van der Waals surface area contributed by atoms with Crippen molar-refractivity contribution in [2.45, 2.75) is 98.3 Å². The second-order valence-corrected chi connectivity index (χ2v) is 26.5. The van der Waals surface area contributed by atoms with E-state index in [1.165, 1.54) is 66.8 Å². The zero-order valence-corrected chi connectivity index (χ0v) is 50.6. The van der Waals surface area contributed by atoms with E-state index in [9.17, 15) is 0 Å². The zero-order chi connectivity index (χ0) is 58.7. The van der Waals surface area contributed by atoms with Crippen molar-refractivity contribution in [3.8, 4) is 11.1 Å². The van der Waals surface area contributed by atoms with Crippen molar-refractivity contribution < 1.29 is 8.83 Å². The Labute approximate surface area is 502 Å². The molecule has 14 rings (SSSR count). The number of rotatable bonds is 9. The molecule has 11 aromatic rings. The summed E-state index contributed by atoms with van der Waals surface area (Å²) >= 11 is 0. The molecule has 9 aromatic carbocycles. The Morgan fingerprint density at radius 2 is 1.12 bits per heavy atom. The molecule has 6 heteroatoms. The molecule has 0 fully saturated rings. The molecule has 0 unspecified atom stereocenters. The minimum absolute atomic E-state index is 0.0100. The van der Waals surface area contributed by atoms with Gasteiger partial charge in [-0.1, -0.05) is 196 Å². The van der Waals surface area contributed by atoms with Crippen molar-refractivity contribution in [2.24, 2.45) is 0 Å². The van der Waals surface area contributed by atoms with Crippen LogP contribution in [0.3, 0.4) is 0 Å². The molecule has 1 aliphatic carbocycles. The van der Waals surface area contributed by atoms with Gasteiger partial charge in [-0.25, -0.2) is 0 Å². The van der Waals surface area contributed by atoms with Crippen molar-refractivity contribution in [1.82, 2.24) is 0 Å². The van der Waals surface area contributed by atoms with E-state index >= 15 is 0 Å². The third-order valence-electron chi connectivity index (χ3n) is 18.0. The molecule has 4 heterocycles. The second-order valence-electron chi connectivity index (χ2n) is 26.5. The molecule has 0 radical (unpaired) electrons. The van der Waals surface area contributed by atoms with E-state index in [1.54, 1.807) is 6.08 Å². The summed E-state index contributed by atoms with van der Waals surface area (Å²) in [4.78, 5) is 7.60. The first-order valence-electron chi connectivity index (χ1n) is 30.2. The summed E-state index contributed by atoms with van der Waals surface area (Å²) < 4.78 is 13.2. The predicted molar refractivity (Wildman–Crippen MR) is 362 cm³/mol. The highest BCUT2D eigenvalue weighted by Gasteiger charge is 2.45. The van der Waals surface area contributed by atoms with Crippen LogP contribution < -0.4 is 31.1 Å². The van der Waals surface area contributed by atoms with Crippen LogP contribution in [0.4, 0.5) is 51.2 Å². The summed E-state index contributed by atoms with van der Waals surface area (Å²) in [6.07, 6.45) is 9.98. The third kappa shape index (κ3) is 9.16. The molecule has 85 heavy (non-hydrogen) atoms. The van der Waals surface area contributed by atoms with Gasteiger partial charge in [-0.05, 0) is 164 Å². The molecule has 0 atom stereocenters. The highest BCUT2D eigenvalue weighted by molar-refractivity contribution is 7.00. The van der Waals surface area contributed by atoms with Gasteiger partial charge in [0.05, 0.1) is 5.69 Å². The van der Waals surface area contributed by atoms with Gasteiger partial charge in [-0.3, -0.25) is 0 Å². The van der Waals surface area contributed by atoms with Gasteiger partial charge >= 0.3 is 0 Å². The van der Waals surface area contributed by atoms with Crippen molar-refractivity contribution in [3.63, 3.8) is 0 Å². The number of aryl methyl sites for hydroxylation is 1. The van der Waals surface area contributed by atoms with Gasteiger partial charge in [-0.2, -0.15) is 0 Å². The number of fused-ring (bicyclic) bond motifs is 8. The largest absolute Gasteiger partial charge is 0.461 e. The fourth-order valence-electron chi connectivity index (χ4n) is 13.4. The van der Waals surface area contributed by atoms with Crippen LogP contribution >= 0.6 is 0 Å². The summed E-state index contributed by atoms with van der Waals surface area (Å²) in [6, 6.07) is 73.0. The van der Waals surface area contributed by atoms with Gasteiger partial charge in [0.25, 0.3) is 6.71 Å². The van der Waals surface area contributed by atoms with Gasteiger partial charge in [0.15, 0.2) is 0 Å². The van der Waals surface area contributed by atoms with Crippen LogP contribution in [0.25, 0.3) is 44.7 Å². The van der Waals surface area contributed by atoms with Crippen LogP contribution in [0.1, 0.15) is 114 Å². The van der Waals surface area contributed by atoms with Crippen LogP contribution in [0, 0.1) is 6.92 Å². The molecule has 0 N–H and O–H groups in total. The number of hydrogen-bond acceptors (Lipinski definition) is 5. The fourth-order valence-corrected chi connectivity index (χ4v) is 13.4. The normalized spacial score (nSPS) is 13.9. The molecule has 3 aliphatic rings. The van der Waals surface area contributed by atoms with Crippen LogP contribution in [0.15, 0.2) is 228 Å². The topological polar surface area (TPSA) is 36.0 Å². The monoisotopic (exact) mass is 1110 g/mol. The molecule has 2 aromatic heterocycles. The Morgan fingerprint density at radius 3 is 1.84 bits per heavy atom. The van der Waals surface area contributed by atoms with Crippen LogP contribution in [0.2, 0.25) is 0 Å². The lowest BCUT2D eigenvalue weighted by Crippen LogP contribution is -2.61. The minimum Gasteiger partial charge on any atom is -0.461 e. The van der Waals surface area contributed by atoms with E-state index in [2.05, 4.69) is 291 Å². The number of para-hydroxylation sites is 2. The first kappa shape index (κ1) is 53.7. The summed E-state index contributed by atoms with van der Waals surface area (Å²) in [6.45, 7) is 26.9. The Kier molecular flexibility index (Phi) is 12.8. The quantitative estimate of drug-likeness (QED) is 0.106. The van der Waals surface area contributed by atoms with Gasteiger partial charge in [0.1, 0.15) is 22.7 Å². The van der Waals surface area contributed by atoms with E-state index in [0.717, 1.165) is 97.1 Å².